The van der Waals surface area contributed by atoms with E-state index in [0.717, 1.165) is 13.0 Å². The molecule has 2 aliphatic rings. The lowest BCUT2D eigenvalue weighted by molar-refractivity contribution is -0.124. The van der Waals surface area contributed by atoms with Gasteiger partial charge in [0, 0.05) is 17.5 Å². The second-order valence-corrected chi connectivity index (χ2v) is 8.32. The number of thiophene rings is 1. The lowest BCUT2D eigenvalue weighted by Gasteiger charge is -2.36. The molecule has 2 atom stereocenters. The fourth-order valence-corrected chi connectivity index (χ4v) is 4.27. The molecule has 3 rings (SSSR count). The van der Waals surface area contributed by atoms with E-state index in [0.29, 0.717) is 18.5 Å². The van der Waals surface area contributed by atoms with Crippen LogP contribution in [0.5, 0.6) is 0 Å². The van der Waals surface area contributed by atoms with Gasteiger partial charge >= 0.3 is 0 Å². The molecule has 124 valence electrons. The number of fused-ring (bicyclic) bond motifs is 1. The van der Waals surface area contributed by atoms with E-state index in [-0.39, 0.29) is 11.8 Å². The van der Waals surface area contributed by atoms with Crippen LogP contribution in [0.2, 0.25) is 0 Å². The van der Waals surface area contributed by atoms with Crippen LogP contribution in [0.15, 0.2) is 11.4 Å². The van der Waals surface area contributed by atoms with Gasteiger partial charge < -0.3 is 5.32 Å². The molecular weight excluding hydrogens is 306 g/mol. The van der Waals surface area contributed by atoms with Crippen molar-refractivity contribution in [3.63, 3.8) is 0 Å². The Kier molecular flexibility index (Phi) is 4.48. The summed E-state index contributed by atoms with van der Waals surface area (Å²) in [5, 5.41) is 14.5. The van der Waals surface area contributed by atoms with E-state index in [2.05, 4.69) is 27.7 Å². The molecule has 23 heavy (non-hydrogen) atoms. The maximum atomic E-state index is 12.5. The van der Waals surface area contributed by atoms with E-state index in [1.165, 1.54) is 23.3 Å². The summed E-state index contributed by atoms with van der Waals surface area (Å²) in [6.45, 7) is 7.07. The van der Waals surface area contributed by atoms with Crippen LogP contribution in [-0.4, -0.2) is 29.4 Å². The highest BCUT2D eigenvalue weighted by atomic mass is 32.1. The Bertz CT molecular complexity index is 628. The summed E-state index contributed by atoms with van der Waals surface area (Å²) in [6, 6.07) is 4.88. The van der Waals surface area contributed by atoms with Crippen LogP contribution in [0.25, 0.3) is 0 Å². The Hall–Kier alpha value is -1.38. The van der Waals surface area contributed by atoms with Crippen LogP contribution in [0.1, 0.15) is 50.1 Å². The van der Waals surface area contributed by atoms with E-state index in [1.54, 1.807) is 6.92 Å². The van der Waals surface area contributed by atoms with E-state index in [4.69, 9.17) is 0 Å². The minimum Gasteiger partial charge on any atom is -0.337 e. The van der Waals surface area contributed by atoms with Crippen LogP contribution in [-0.2, 0) is 11.2 Å². The van der Waals surface area contributed by atoms with Gasteiger partial charge in [-0.05, 0) is 55.0 Å². The Morgan fingerprint density at radius 2 is 2.30 bits per heavy atom. The zero-order chi connectivity index (χ0) is 16.6. The molecule has 1 N–H and O–H groups in total. The summed E-state index contributed by atoms with van der Waals surface area (Å²) < 4.78 is 0. The van der Waals surface area contributed by atoms with Crippen molar-refractivity contribution in [1.82, 2.24) is 10.2 Å². The molecule has 1 amide bonds. The number of nitrogens with zero attached hydrogens (tertiary/aromatic N) is 2. The van der Waals surface area contributed by atoms with Gasteiger partial charge in [-0.25, -0.2) is 0 Å². The molecule has 0 aromatic carbocycles. The Labute approximate surface area is 142 Å². The monoisotopic (exact) mass is 331 g/mol. The largest absolute Gasteiger partial charge is 0.337 e. The standard InChI is InChI=1S/C18H25N3OS/c1-12(2)18(3,11-19)20-16(22)10-21-8-6-15-14(7-9-23-15)17(21)13-4-5-13/h7,9,12-13,17H,4-6,8,10H2,1-3H3,(H,20,22)/t17-,18+/m0/s1. The van der Waals surface area contributed by atoms with Crippen molar-refractivity contribution < 1.29 is 4.79 Å². The SMILES string of the molecule is CC(C)[C@@](C)(C#N)NC(=O)CN1CCc2sccc2[C@@H]1C1CC1. The summed E-state index contributed by atoms with van der Waals surface area (Å²) in [4.78, 5) is 16.3. The number of rotatable bonds is 5. The van der Waals surface area contributed by atoms with E-state index in [9.17, 15) is 10.1 Å². The average molecular weight is 331 g/mol. The average Bonchev–Trinajstić information content (AvgIpc) is 3.23. The normalized spacial score (nSPS) is 23.9. The lowest BCUT2D eigenvalue weighted by atomic mass is 9.90. The maximum Gasteiger partial charge on any atom is 0.235 e. The Morgan fingerprint density at radius 1 is 1.57 bits per heavy atom. The fourth-order valence-electron chi connectivity index (χ4n) is 3.35. The first kappa shape index (κ1) is 16.5. The van der Waals surface area contributed by atoms with E-state index in [1.807, 2.05) is 25.2 Å². The van der Waals surface area contributed by atoms with Gasteiger partial charge in [0.05, 0.1) is 12.6 Å². The fraction of sp³-hybridized carbons (Fsp3) is 0.667. The van der Waals surface area contributed by atoms with E-state index < -0.39 is 5.54 Å². The third-order valence-electron chi connectivity index (χ3n) is 5.32. The highest BCUT2D eigenvalue weighted by Gasteiger charge is 2.41. The van der Waals surface area contributed by atoms with Gasteiger partial charge in [0.2, 0.25) is 5.91 Å². The number of carbonyl (C=O) groups excluding carboxylic acids is 1. The van der Waals surface area contributed by atoms with Crippen LogP contribution in [0, 0.1) is 23.2 Å². The molecule has 1 aliphatic carbocycles. The number of nitriles is 1. The van der Waals surface area contributed by atoms with Crippen molar-refractivity contribution in [3.8, 4) is 6.07 Å². The van der Waals surface area contributed by atoms with Crippen molar-refractivity contribution in [1.29, 1.82) is 5.26 Å². The van der Waals surface area contributed by atoms with Gasteiger partial charge in [-0.3, -0.25) is 9.69 Å². The zero-order valence-electron chi connectivity index (χ0n) is 14.1. The van der Waals surface area contributed by atoms with Gasteiger partial charge in [0.1, 0.15) is 5.54 Å². The molecule has 4 nitrogen and oxygen atoms in total. The van der Waals surface area contributed by atoms with Crippen molar-refractivity contribution in [2.45, 2.75) is 51.6 Å². The number of hydrogen-bond acceptors (Lipinski definition) is 4. The first-order valence-electron chi connectivity index (χ1n) is 8.47. The molecule has 1 aromatic heterocycles. The minimum absolute atomic E-state index is 0.0351. The Morgan fingerprint density at radius 3 is 2.91 bits per heavy atom. The first-order chi connectivity index (χ1) is 10.9. The summed E-state index contributed by atoms with van der Waals surface area (Å²) >= 11 is 1.84. The molecule has 1 aromatic rings. The maximum absolute atomic E-state index is 12.5. The number of nitrogens with one attached hydrogen (secondary N) is 1. The third-order valence-corrected chi connectivity index (χ3v) is 6.32. The number of amides is 1. The quantitative estimate of drug-likeness (QED) is 0.902. The molecule has 0 saturated heterocycles. The van der Waals surface area contributed by atoms with Gasteiger partial charge in [-0.1, -0.05) is 13.8 Å². The van der Waals surface area contributed by atoms with Crippen molar-refractivity contribution >= 4 is 17.2 Å². The molecular formula is C18H25N3OS. The second kappa shape index (κ2) is 6.26. The van der Waals surface area contributed by atoms with E-state index >= 15 is 0 Å². The molecule has 5 heteroatoms. The lowest BCUT2D eigenvalue weighted by Crippen LogP contribution is -2.52. The highest BCUT2D eigenvalue weighted by Crippen LogP contribution is 2.48. The van der Waals surface area contributed by atoms with Crippen LogP contribution >= 0.6 is 11.3 Å². The topological polar surface area (TPSA) is 56.1 Å². The second-order valence-electron chi connectivity index (χ2n) is 7.32. The molecule has 1 saturated carbocycles. The third kappa shape index (κ3) is 3.29. The van der Waals surface area contributed by atoms with Gasteiger partial charge in [0.15, 0.2) is 0 Å². The summed E-state index contributed by atoms with van der Waals surface area (Å²) in [6.07, 6.45) is 3.56. The summed E-state index contributed by atoms with van der Waals surface area (Å²) in [5.74, 6) is 0.747. The van der Waals surface area contributed by atoms with Gasteiger partial charge in [-0.15, -0.1) is 11.3 Å². The van der Waals surface area contributed by atoms with Crippen LogP contribution in [0.4, 0.5) is 0 Å². The summed E-state index contributed by atoms with van der Waals surface area (Å²) in [5.41, 5.74) is 0.638. The predicted molar refractivity (Wildman–Crippen MR) is 92.1 cm³/mol. The van der Waals surface area contributed by atoms with Crippen LogP contribution < -0.4 is 5.32 Å². The Balaban J connectivity index is 1.70. The van der Waals surface area contributed by atoms with Gasteiger partial charge in [-0.2, -0.15) is 5.26 Å². The molecule has 1 fully saturated rings. The molecule has 0 spiro atoms. The molecule has 0 unspecified atom stereocenters. The first-order valence-corrected chi connectivity index (χ1v) is 9.35. The number of hydrogen-bond donors (Lipinski definition) is 1. The molecule has 0 radical (unpaired) electrons. The smallest absolute Gasteiger partial charge is 0.235 e. The van der Waals surface area contributed by atoms with Crippen LogP contribution in [0.3, 0.4) is 0 Å². The summed E-state index contributed by atoms with van der Waals surface area (Å²) in [7, 11) is 0. The zero-order valence-corrected chi connectivity index (χ0v) is 14.9. The highest BCUT2D eigenvalue weighted by molar-refractivity contribution is 7.10. The van der Waals surface area contributed by atoms with Crippen molar-refractivity contribution in [2.75, 3.05) is 13.1 Å². The van der Waals surface area contributed by atoms with Crippen molar-refractivity contribution in [3.05, 3.63) is 21.9 Å². The molecule has 2 heterocycles. The predicted octanol–water partition coefficient (Wildman–Crippen LogP) is 3.11. The minimum atomic E-state index is -0.796. The molecule has 1 aliphatic heterocycles. The number of carbonyl (C=O) groups is 1. The van der Waals surface area contributed by atoms with Crippen molar-refractivity contribution in [2.24, 2.45) is 11.8 Å². The molecule has 0 bridgehead atoms. The van der Waals surface area contributed by atoms with Gasteiger partial charge in [0.25, 0.3) is 0 Å².